The normalized spacial score (nSPS) is 10.5. The van der Waals surface area contributed by atoms with Gasteiger partial charge >= 0.3 is 0 Å². The van der Waals surface area contributed by atoms with Crippen molar-refractivity contribution < 1.29 is 14.1 Å². The van der Waals surface area contributed by atoms with E-state index >= 15 is 0 Å². The Morgan fingerprint density at radius 3 is 2.52 bits per heavy atom. The van der Waals surface area contributed by atoms with Gasteiger partial charge in [-0.2, -0.15) is 0 Å². The minimum atomic E-state index is -0.239. The van der Waals surface area contributed by atoms with Crippen molar-refractivity contribution in [2.45, 2.75) is 65.2 Å². The Labute approximate surface area is 138 Å². The summed E-state index contributed by atoms with van der Waals surface area (Å²) >= 11 is 0. The molecule has 2 amide bonds. The highest BCUT2D eigenvalue weighted by Gasteiger charge is 2.17. The van der Waals surface area contributed by atoms with Gasteiger partial charge in [-0.15, -0.1) is 0 Å². The summed E-state index contributed by atoms with van der Waals surface area (Å²) in [4.78, 5) is 26.1. The first-order valence-corrected chi connectivity index (χ1v) is 8.65. The Bertz CT molecular complexity index is 446. The lowest BCUT2D eigenvalue weighted by Gasteiger charge is -2.22. The lowest BCUT2D eigenvalue weighted by atomic mass is 10.1. The SMILES string of the molecule is CCCCCCC(=O)N(CCCCC)CC(=O)Nc1ccon1. The summed E-state index contributed by atoms with van der Waals surface area (Å²) in [5.41, 5.74) is 0. The first-order chi connectivity index (χ1) is 11.2. The molecule has 1 N–H and O–H groups in total. The molecule has 0 spiro atoms. The number of anilines is 1. The van der Waals surface area contributed by atoms with Crippen LogP contribution < -0.4 is 5.32 Å². The number of nitrogens with zero attached hydrogens (tertiary/aromatic N) is 2. The number of rotatable bonds is 12. The zero-order valence-corrected chi connectivity index (χ0v) is 14.3. The molecule has 1 aromatic rings. The van der Waals surface area contributed by atoms with E-state index in [-0.39, 0.29) is 18.4 Å². The van der Waals surface area contributed by atoms with Gasteiger partial charge in [0.2, 0.25) is 11.8 Å². The second-order valence-electron chi connectivity index (χ2n) is 5.77. The molecule has 0 bridgehead atoms. The van der Waals surface area contributed by atoms with Crippen LogP contribution >= 0.6 is 0 Å². The van der Waals surface area contributed by atoms with Crippen molar-refractivity contribution in [2.75, 3.05) is 18.4 Å². The fraction of sp³-hybridized carbons (Fsp3) is 0.706. The van der Waals surface area contributed by atoms with Crippen molar-refractivity contribution in [1.82, 2.24) is 10.1 Å². The standard InChI is InChI=1S/C17H29N3O3/c1-3-5-7-8-10-17(22)20(12-9-6-4-2)14-16(21)18-15-11-13-23-19-15/h11,13H,3-10,12,14H2,1-2H3,(H,18,19,21). The Hall–Kier alpha value is -1.85. The molecular weight excluding hydrogens is 294 g/mol. The smallest absolute Gasteiger partial charge is 0.245 e. The van der Waals surface area contributed by atoms with Crippen molar-refractivity contribution in [3.63, 3.8) is 0 Å². The fourth-order valence-electron chi connectivity index (χ4n) is 2.34. The van der Waals surface area contributed by atoms with E-state index in [9.17, 15) is 9.59 Å². The van der Waals surface area contributed by atoms with Crippen molar-refractivity contribution in [3.8, 4) is 0 Å². The highest BCUT2D eigenvalue weighted by Crippen LogP contribution is 2.08. The minimum absolute atomic E-state index is 0.0625. The van der Waals surface area contributed by atoms with Crippen molar-refractivity contribution in [1.29, 1.82) is 0 Å². The third kappa shape index (κ3) is 8.38. The average molecular weight is 323 g/mol. The molecule has 0 unspecified atom stereocenters. The Kier molecular flexibility index (Phi) is 9.75. The van der Waals surface area contributed by atoms with Gasteiger partial charge in [0.05, 0.1) is 6.54 Å². The highest BCUT2D eigenvalue weighted by molar-refractivity contribution is 5.93. The molecule has 1 rings (SSSR count). The largest absolute Gasteiger partial charge is 0.363 e. The molecule has 0 fully saturated rings. The van der Waals surface area contributed by atoms with Gasteiger partial charge in [-0.05, 0) is 12.8 Å². The van der Waals surface area contributed by atoms with Crippen LogP contribution in [0.15, 0.2) is 16.9 Å². The van der Waals surface area contributed by atoms with Gasteiger partial charge in [-0.3, -0.25) is 9.59 Å². The van der Waals surface area contributed by atoms with Gasteiger partial charge in [0.1, 0.15) is 6.26 Å². The molecule has 6 nitrogen and oxygen atoms in total. The zero-order valence-electron chi connectivity index (χ0n) is 14.3. The van der Waals surface area contributed by atoms with Crippen LogP contribution in [-0.2, 0) is 9.59 Å². The summed E-state index contributed by atoms with van der Waals surface area (Å²) < 4.78 is 4.68. The summed E-state index contributed by atoms with van der Waals surface area (Å²) in [6.07, 6.45) is 9.24. The predicted molar refractivity (Wildman–Crippen MR) is 90.0 cm³/mol. The van der Waals surface area contributed by atoms with Gasteiger partial charge in [0, 0.05) is 19.0 Å². The maximum atomic E-state index is 12.4. The van der Waals surface area contributed by atoms with Crippen molar-refractivity contribution in [3.05, 3.63) is 12.3 Å². The number of carbonyl (C=O) groups is 2. The van der Waals surface area contributed by atoms with Crippen LogP contribution in [0.5, 0.6) is 0 Å². The lowest BCUT2D eigenvalue weighted by molar-refractivity contribution is -0.134. The van der Waals surface area contributed by atoms with Gasteiger partial charge in [0.25, 0.3) is 0 Å². The van der Waals surface area contributed by atoms with E-state index in [0.29, 0.717) is 18.8 Å². The molecule has 0 aliphatic rings. The van der Waals surface area contributed by atoms with E-state index in [0.717, 1.165) is 44.9 Å². The number of amides is 2. The molecule has 1 aromatic heterocycles. The maximum Gasteiger partial charge on any atom is 0.245 e. The summed E-state index contributed by atoms with van der Waals surface area (Å²) in [5.74, 6) is 0.198. The second-order valence-corrected chi connectivity index (χ2v) is 5.77. The number of hydrogen-bond donors (Lipinski definition) is 1. The molecule has 0 aliphatic heterocycles. The number of aromatic nitrogens is 1. The third-order valence-corrected chi connectivity index (χ3v) is 3.67. The van der Waals surface area contributed by atoms with E-state index in [2.05, 4.69) is 28.8 Å². The quantitative estimate of drug-likeness (QED) is 0.596. The molecular formula is C17H29N3O3. The maximum absolute atomic E-state index is 12.4. The number of unbranched alkanes of at least 4 members (excludes halogenated alkanes) is 5. The van der Waals surface area contributed by atoms with Gasteiger partial charge in [0.15, 0.2) is 5.82 Å². The first kappa shape index (κ1) is 19.2. The summed E-state index contributed by atoms with van der Waals surface area (Å²) in [6, 6.07) is 1.58. The van der Waals surface area contributed by atoms with E-state index in [4.69, 9.17) is 0 Å². The van der Waals surface area contributed by atoms with Crippen LogP contribution in [0.2, 0.25) is 0 Å². The molecule has 0 aliphatic carbocycles. The summed E-state index contributed by atoms with van der Waals surface area (Å²) in [5, 5.41) is 6.28. The molecule has 6 heteroatoms. The molecule has 1 heterocycles. The Morgan fingerprint density at radius 1 is 1.13 bits per heavy atom. The van der Waals surface area contributed by atoms with Gasteiger partial charge in [-0.1, -0.05) is 51.1 Å². The number of nitrogens with one attached hydrogen (secondary N) is 1. The van der Waals surface area contributed by atoms with Crippen LogP contribution in [0.3, 0.4) is 0 Å². The number of hydrogen-bond acceptors (Lipinski definition) is 4. The molecule has 0 radical (unpaired) electrons. The zero-order chi connectivity index (χ0) is 16.9. The number of carbonyl (C=O) groups excluding carboxylic acids is 2. The molecule has 0 aromatic carbocycles. The Morgan fingerprint density at radius 2 is 1.87 bits per heavy atom. The molecule has 23 heavy (non-hydrogen) atoms. The second kappa shape index (κ2) is 11.7. The molecule has 0 atom stereocenters. The fourth-order valence-corrected chi connectivity index (χ4v) is 2.34. The molecule has 130 valence electrons. The Balaban J connectivity index is 2.45. The molecule has 0 saturated heterocycles. The van der Waals surface area contributed by atoms with Crippen LogP contribution in [0.25, 0.3) is 0 Å². The van der Waals surface area contributed by atoms with Crippen LogP contribution in [0, 0.1) is 0 Å². The van der Waals surface area contributed by atoms with Gasteiger partial charge < -0.3 is 14.7 Å². The summed E-state index contributed by atoms with van der Waals surface area (Å²) in [7, 11) is 0. The molecule has 0 saturated carbocycles. The average Bonchev–Trinajstić information content (AvgIpc) is 3.03. The van der Waals surface area contributed by atoms with Crippen LogP contribution in [0.1, 0.15) is 65.2 Å². The topological polar surface area (TPSA) is 75.4 Å². The van der Waals surface area contributed by atoms with E-state index < -0.39 is 0 Å². The van der Waals surface area contributed by atoms with Crippen molar-refractivity contribution in [2.24, 2.45) is 0 Å². The highest BCUT2D eigenvalue weighted by atomic mass is 16.5. The van der Waals surface area contributed by atoms with E-state index in [1.807, 2.05) is 0 Å². The predicted octanol–water partition coefficient (Wildman–Crippen LogP) is 3.60. The van der Waals surface area contributed by atoms with E-state index in [1.165, 1.54) is 6.26 Å². The van der Waals surface area contributed by atoms with Gasteiger partial charge in [-0.25, -0.2) is 0 Å². The minimum Gasteiger partial charge on any atom is -0.363 e. The summed E-state index contributed by atoms with van der Waals surface area (Å²) in [6.45, 7) is 4.97. The van der Waals surface area contributed by atoms with Crippen LogP contribution in [0.4, 0.5) is 5.82 Å². The van der Waals surface area contributed by atoms with E-state index in [1.54, 1.807) is 11.0 Å². The van der Waals surface area contributed by atoms with Crippen LogP contribution in [-0.4, -0.2) is 35.0 Å². The third-order valence-electron chi connectivity index (χ3n) is 3.67. The monoisotopic (exact) mass is 323 g/mol. The van der Waals surface area contributed by atoms with Crippen molar-refractivity contribution >= 4 is 17.6 Å². The lowest BCUT2D eigenvalue weighted by Crippen LogP contribution is -2.38. The first-order valence-electron chi connectivity index (χ1n) is 8.65.